The summed E-state index contributed by atoms with van der Waals surface area (Å²) < 4.78 is 72.8. The number of nitrogens with zero attached hydrogens (tertiary/aromatic N) is 1. The van der Waals surface area contributed by atoms with E-state index in [0.29, 0.717) is 22.6 Å². The van der Waals surface area contributed by atoms with Crippen LogP contribution >= 0.6 is 34.2 Å². The topological polar surface area (TPSA) is 106 Å². The number of hydrogen-bond donors (Lipinski definition) is 2. The Morgan fingerprint density at radius 2 is 1.49 bits per heavy atom. The van der Waals surface area contributed by atoms with Crippen molar-refractivity contribution in [3.63, 3.8) is 0 Å². The van der Waals surface area contributed by atoms with Crippen LogP contribution in [-0.4, -0.2) is 39.5 Å². The first-order valence-electron chi connectivity index (χ1n) is 14.4. The molecule has 1 saturated carbocycles. The van der Waals surface area contributed by atoms with Gasteiger partial charge in [-0.25, -0.2) is 22.7 Å². The van der Waals surface area contributed by atoms with E-state index in [1.54, 1.807) is 60.7 Å². The van der Waals surface area contributed by atoms with Gasteiger partial charge in [0.15, 0.2) is 11.6 Å². The zero-order valence-corrected chi connectivity index (χ0v) is 29.1. The van der Waals surface area contributed by atoms with Crippen molar-refractivity contribution in [1.29, 1.82) is 0 Å². The lowest BCUT2D eigenvalue weighted by Gasteiger charge is -2.24. The van der Waals surface area contributed by atoms with Crippen LogP contribution in [0.3, 0.4) is 0 Å². The van der Waals surface area contributed by atoms with Gasteiger partial charge in [-0.1, -0.05) is 35.9 Å². The summed E-state index contributed by atoms with van der Waals surface area (Å²) in [4.78, 5) is 17.7. The zero-order chi connectivity index (χ0) is 33.7. The molecule has 14 heteroatoms. The second kappa shape index (κ2) is 15.2. The number of nitrogens with one attached hydrogen (secondary N) is 2. The fourth-order valence-electron chi connectivity index (χ4n) is 4.62. The van der Waals surface area contributed by atoms with E-state index in [1.165, 1.54) is 20.3 Å². The number of carbonyl (C=O) groups excluding carboxylic acids is 1. The average molecular weight is 798 g/mol. The summed E-state index contributed by atoms with van der Waals surface area (Å²) in [5.41, 5.74) is 2.43. The van der Waals surface area contributed by atoms with E-state index in [-0.39, 0.29) is 36.3 Å². The van der Waals surface area contributed by atoms with Crippen LogP contribution in [0, 0.1) is 21.1 Å². The van der Waals surface area contributed by atoms with Gasteiger partial charge in [-0.05, 0) is 101 Å². The van der Waals surface area contributed by atoms with Gasteiger partial charge in [-0.2, -0.15) is 4.31 Å². The molecule has 0 atom stereocenters. The van der Waals surface area contributed by atoms with Crippen LogP contribution in [0.4, 0.5) is 20.2 Å². The van der Waals surface area contributed by atoms with E-state index in [4.69, 9.17) is 25.9 Å². The van der Waals surface area contributed by atoms with Gasteiger partial charge < -0.3 is 14.8 Å². The van der Waals surface area contributed by atoms with Crippen LogP contribution in [-0.2, 0) is 28.0 Å². The van der Waals surface area contributed by atoms with Gasteiger partial charge in [0.25, 0.3) is 5.91 Å². The fraction of sp³-hybridized carbons (Fsp3) is 0.242. The molecule has 0 unspecified atom stereocenters. The van der Waals surface area contributed by atoms with Gasteiger partial charge in [-0.3, -0.25) is 9.63 Å². The molecule has 47 heavy (non-hydrogen) atoms. The summed E-state index contributed by atoms with van der Waals surface area (Å²) in [6.07, 6.45) is 1.89. The summed E-state index contributed by atoms with van der Waals surface area (Å²) >= 11 is 8.38. The highest BCUT2D eigenvalue weighted by Crippen LogP contribution is 2.36. The van der Waals surface area contributed by atoms with E-state index >= 15 is 8.78 Å². The molecule has 0 aromatic heterocycles. The molecule has 1 aliphatic rings. The van der Waals surface area contributed by atoms with Gasteiger partial charge in [0, 0.05) is 16.7 Å². The van der Waals surface area contributed by atoms with Crippen molar-refractivity contribution < 1.29 is 36.3 Å². The highest BCUT2D eigenvalue weighted by molar-refractivity contribution is 14.1. The van der Waals surface area contributed by atoms with Crippen LogP contribution < -0.4 is 20.3 Å². The largest absolute Gasteiger partial charge is 0.497 e. The van der Waals surface area contributed by atoms with Crippen LogP contribution in [0.2, 0.25) is 5.02 Å². The molecule has 5 rings (SSSR count). The van der Waals surface area contributed by atoms with E-state index in [9.17, 15) is 13.2 Å². The maximum Gasteiger partial charge on any atom is 0.277 e. The number of anilines is 2. The Bertz CT molecular complexity index is 1810. The Balaban J connectivity index is 1.58. The Kier molecular flexibility index (Phi) is 11.2. The highest BCUT2D eigenvalue weighted by Gasteiger charge is 2.34. The van der Waals surface area contributed by atoms with E-state index in [0.717, 1.165) is 26.8 Å². The molecule has 248 valence electrons. The fourth-order valence-corrected chi connectivity index (χ4v) is 7.02. The molecule has 4 aromatic carbocycles. The Morgan fingerprint density at radius 1 is 0.915 bits per heavy atom. The molecule has 1 fully saturated rings. The Hall–Kier alpha value is -3.50. The van der Waals surface area contributed by atoms with Crippen molar-refractivity contribution in [3.8, 4) is 11.5 Å². The van der Waals surface area contributed by atoms with Crippen molar-refractivity contribution in [2.75, 3.05) is 26.1 Å². The van der Waals surface area contributed by atoms with Crippen LogP contribution in [0.1, 0.15) is 34.3 Å². The number of hydrogen-bond acceptors (Lipinski definition) is 7. The number of methoxy groups -OCH3 is 2. The predicted molar refractivity (Wildman–Crippen MR) is 182 cm³/mol. The summed E-state index contributed by atoms with van der Waals surface area (Å²) in [5.74, 6) is -2.82. The molecule has 1 amide bonds. The van der Waals surface area contributed by atoms with Crippen LogP contribution in [0.5, 0.6) is 11.5 Å². The molecular weight excluding hydrogens is 767 g/mol. The van der Waals surface area contributed by atoms with Crippen LogP contribution in [0.25, 0.3) is 0 Å². The SMILES string of the molecule is COc1ccc(CN(Cc2ccc(OC)cc2)S(=O)(=O)c2cc(C(=O)NOCC3CC3)c(Nc3ccc(I)cc3Cl)c(F)c2F)cc1. The summed E-state index contributed by atoms with van der Waals surface area (Å²) in [6.45, 7) is -0.183. The Labute approximate surface area is 290 Å². The summed E-state index contributed by atoms with van der Waals surface area (Å²) in [6, 6.07) is 18.9. The normalized spacial score (nSPS) is 13.0. The minimum absolute atomic E-state index is 0.176. The molecule has 0 spiro atoms. The highest BCUT2D eigenvalue weighted by atomic mass is 127. The molecule has 1 aliphatic carbocycles. The number of halogens is 4. The standard InChI is InChI=1S/C33H31ClF2IN3O6S/c1-44-24-10-5-20(6-11-24)17-40(18-21-7-12-25(45-2)13-8-21)47(42,43)29-16-26(33(41)39-46-19-22-3-4-22)32(31(36)30(29)35)38-28-14-9-23(37)15-27(28)34/h5-16,22,38H,3-4,17-19H2,1-2H3,(H,39,41). The third-order valence-electron chi connectivity index (χ3n) is 7.44. The number of ether oxygens (including phenoxy) is 2. The first kappa shape index (κ1) is 34.8. The number of carbonyl (C=O) groups is 1. The van der Waals surface area contributed by atoms with Crippen molar-refractivity contribution in [2.45, 2.75) is 30.8 Å². The second-order valence-corrected chi connectivity index (χ2v) is 14.4. The van der Waals surface area contributed by atoms with Crippen LogP contribution in [0.15, 0.2) is 77.7 Å². The van der Waals surface area contributed by atoms with Crippen molar-refractivity contribution in [1.82, 2.24) is 9.79 Å². The third-order valence-corrected chi connectivity index (χ3v) is 10.2. The van der Waals surface area contributed by atoms with Gasteiger partial charge in [0.2, 0.25) is 10.0 Å². The minimum atomic E-state index is -4.79. The lowest BCUT2D eigenvalue weighted by Crippen LogP contribution is -2.32. The molecular formula is C33H31ClF2IN3O6S. The van der Waals surface area contributed by atoms with Crippen molar-refractivity contribution >= 4 is 61.5 Å². The number of amides is 1. The quantitative estimate of drug-likeness (QED) is 0.101. The van der Waals surface area contributed by atoms with Crippen molar-refractivity contribution in [2.24, 2.45) is 5.92 Å². The lowest BCUT2D eigenvalue weighted by atomic mass is 10.1. The average Bonchev–Trinajstić information content (AvgIpc) is 3.89. The molecule has 0 heterocycles. The van der Waals surface area contributed by atoms with E-state index in [1.807, 2.05) is 22.6 Å². The number of sulfonamides is 1. The smallest absolute Gasteiger partial charge is 0.277 e. The summed E-state index contributed by atoms with van der Waals surface area (Å²) in [5, 5.41) is 2.86. The first-order valence-corrected chi connectivity index (χ1v) is 17.3. The van der Waals surface area contributed by atoms with Gasteiger partial charge in [0.05, 0.1) is 42.8 Å². The summed E-state index contributed by atoms with van der Waals surface area (Å²) in [7, 11) is -1.78. The second-order valence-electron chi connectivity index (χ2n) is 10.8. The minimum Gasteiger partial charge on any atom is -0.497 e. The molecule has 4 aromatic rings. The van der Waals surface area contributed by atoms with Gasteiger partial charge >= 0.3 is 0 Å². The first-order chi connectivity index (χ1) is 22.5. The maximum atomic E-state index is 16.0. The molecule has 9 nitrogen and oxygen atoms in total. The van der Waals surface area contributed by atoms with Crippen molar-refractivity contribution in [3.05, 3.63) is 110 Å². The van der Waals surface area contributed by atoms with Gasteiger partial charge in [-0.15, -0.1) is 0 Å². The van der Waals surface area contributed by atoms with E-state index < -0.39 is 43.7 Å². The number of hydroxylamine groups is 1. The maximum absolute atomic E-state index is 16.0. The zero-order valence-electron chi connectivity index (χ0n) is 25.4. The van der Waals surface area contributed by atoms with E-state index in [2.05, 4.69) is 10.8 Å². The molecule has 0 saturated heterocycles. The third kappa shape index (κ3) is 8.51. The number of rotatable bonds is 14. The molecule has 0 radical (unpaired) electrons. The Morgan fingerprint density at radius 3 is 2.00 bits per heavy atom. The number of benzene rings is 4. The molecule has 2 N–H and O–H groups in total. The lowest BCUT2D eigenvalue weighted by molar-refractivity contribution is 0.0270. The molecule has 0 aliphatic heterocycles. The predicted octanol–water partition coefficient (Wildman–Crippen LogP) is 7.45. The van der Waals surface area contributed by atoms with Gasteiger partial charge in [0.1, 0.15) is 16.4 Å². The molecule has 0 bridgehead atoms. The monoisotopic (exact) mass is 797 g/mol.